The molecular formula is C29H30BCl2N6O3. The molecule has 1 aromatic carbocycles. The van der Waals surface area contributed by atoms with Crippen molar-refractivity contribution in [3.8, 4) is 17.0 Å². The minimum Gasteiger partial charge on any atom is -0.486 e. The molecule has 41 heavy (non-hydrogen) atoms. The molecule has 2 aliphatic rings. The number of carbonyl (C=O) groups excluding carboxylic acids is 1. The maximum atomic E-state index is 10.8. The lowest BCUT2D eigenvalue weighted by atomic mass is 9.93. The maximum absolute atomic E-state index is 10.8. The molecule has 0 saturated carbocycles. The Morgan fingerprint density at radius 1 is 1.07 bits per heavy atom. The molecule has 1 unspecified atom stereocenters. The van der Waals surface area contributed by atoms with E-state index >= 15 is 0 Å². The van der Waals surface area contributed by atoms with Crippen LogP contribution in [0.3, 0.4) is 0 Å². The molecule has 2 fully saturated rings. The minimum absolute atomic E-state index is 0.119. The summed E-state index contributed by atoms with van der Waals surface area (Å²) in [6.45, 7) is 5.82. The number of ether oxygens (including phenoxy) is 2. The van der Waals surface area contributed by atoms with Crippen LogP contribution in [0.1, 0.15) is 44.1 Å². The van der Waals surface area contributed by atoms with Gasteiger partial charge in [-0.3, -0.25) is 4.98 Å². The van der Waals surface area contributed by atoms with Crippen LogP contribution in [0.4, 0.5) is 5.82 Å². The molecule has 12 heteroatoms. The highest BCUT2D eigenvalue weighted by Crippen LogP contribution is 2.37. The van der Waals surface area contributed by atoms with Crippen molar-refractivity contribution in [2.24, 2.45) is 0 Å². The van der Waals surface area contributed by atoms with E-state index in [9.17, 15) is 4.79 Å². The van der Waals surface area contributed by atoms with E-state index < -0.39 is 0 Å². The van der Waals surface area contributed by atoms with Gasteiger partial charge < -0.3 is 24.0 Å². The number of anilines is 1. The van der Waals surface area contributed by atoms with Gasteiger partial charge in [-0.1, -0.05) is 23.2 Å². The van der Waals surface area contributed by atoms with Gasteiger partial charge in [-0.15, -0.1) is 0 Å². The number of fused-ring (bicyclic) bond motifs is 1. The van der Waals surface area contributed by atoms with Crippen molar-refractivity contribution in [2.75, 3.05) is 37.7 Å². The Kier molecular flexibility index (Phi) is 8.43. The molecule has 9 nitrogen and oxygen atoms in total. The predicted octanol–water partition coefficient (Wildman–Crippen LogP) is 5.57. The first-order valence-corrected chi connectivity index (χ1v) is 14.6. The summed E-state index contributed by atoms with van der Waals surface area (Å²) in [5.41, 5.74) is 3.39. The fourth-order valence-corrected chi connectivity index (χ4v) is 6.19. The van der Waals surface area contributed by atoms with E-state index in [-0.39, 0.29) is 12.3 Å². The number of pyridine rings is 2. The Morgan fingerprint density at radius 3 is 2.56 bits per heavy atom. The third-order valence-electron chi connectivity index (χ3n) is 7.65. The van der Waals surface area contributed by atoms with E-state index in [0.29, 0.717) is 21.4 Å². The van der Waals surface area contributed by atoms with Gasteiger partial charge >= 0.3 is 0 Å². The van der Waals surface area contributed by atoms with Crippen LogP contribution in [0.25, 0.3) is 22.2 Å². The number of benzene rings is 1. The van der Waals surface area contributed by atoms with Gasteiger partial charge in [0.15, 0.2) is 6.23 Å². The molecule has 3 aromatic heterocycles. The van der Waals surface area contributed by atoms with E-state index in [1.54, 1.807) is 19.8 Å². The molecule has 0 aliphatic carbocycles. The number of aromatic nitrogens is 4. The molecule has 0 bridgehead atoms. The van der Waals surface area contributed by atoms with Crippen molar-refractivity contribution >= 4 is 53.5 Å². The summed E-state index contributed by atoms with van der Waals surface area (Å²) in [6, 6.07) is 10.1. The Labute approximate surface area is 249 Å². The topological polar surface area (TPSA) is 85.6 Å². The quantitative estimate of drug-likeness (QED) is 0.194. The Balaban J connectivity index is 1.31. The fourth-order valence-electron chi connectivity index (χ4n) is 5.51. The maximum Gasteiger partial charge on any atom is 0.293 e. The van der Waals surface area contributed by atoms with E-state index in [4.69, 9.17) is 42.8 Å². The largest absolute Gasteiger partial charge is 0.486 e. The second-order valence-electron chi connectivity index (χ2n) is 10.3. The molecule has 6 rings (SSSR count). The monoisotopic (exact) mass is 591 g/mol. The first-order chi connectivity index (χ1) is 20.0. The smallest absolute Gasteiger partial charge is 0.293 e. The zero-order chi connectivity index (χ0) is 28.3. The molecule has 1 radical (unpaired) electrons. The second kappa shape index (κ2) is 12.4. The van der Waals surface area contributed by atoms with Crippen LogP contribution in [-0.4, -0.2) is 70.9 Å². The van der Waals surface area contributed by atoms with Crippen molar-refractivity contribution in [1.82, 2.24) is 24.6 Å². The molecule has 0 spiro atoms. The molecule has 2 saturated heterocycles. The van der Waals surface area contributed by atoms with Crippen LogP contribution in [0, 0.1) is 0 Å². The zero-order valence-corrected chi connectivity index (χ0v) is 24.3. The summed E-state index contributed by atoms with van der Waals surface area (Å²) in [5.74, 6) is 1.58. The van der Waals surface area contributed by atoms with Gasteiger partial charge in [0.05, 0.1) is 21.7 Å². The molecule has 2 atom stereocenters. The number of rotatable bonds is 8. The van der Waals surface area contributed by atoms with Crippen molar-refractivity contribution in [3.63, 3.8) is 0 Å². The van der Waals surface area contributed by atoms with Crippen LogP contribution < -0.4 is 9.64 Å². The summed E-state index contributed by atoms with van der Waals surface area (Å²) < 4.78 is 14.4. The number of carbonyl (C=O) groups is 1. The van der Waals surface area contributed by atoms with Crippen molar-refractivity contribution < 1.29 is 14.3 Å². The fraction of sp³-hybridized carbons (Fsp3) is 0.379. The third-order valence-corrected chi connectivity index (χ3v) is 8.25. The molecular weight excluding hydrogens is 562 g/mol. The highest BCUT2D eigenvalue weighted by atomic mass is 35.5. The van der Waals surface area contributed by atoms with Gasteiger partial charge in [0.25, 0.3) is 7.41 Å². The van der Waals surface area contributed by atoms with Crippen LogP contribution in [0.2, 0.25) is 10.0 Å². The lowest BCUT2D eigenvalue weighted by molar-refractivity contribution is -0.0365. The summed E-state index contributed by atoms with van der Waals surface area (Å²) in [5, 5.41) is 6.92. The first kappa shape index (κ1) is 28.0. The number of hydrogen-bond donors (Lipinski definition) is 0. The predicted molar refractivity (Wildman–Crippen MR) is 161 cm³/mol. The number of hydrogen-bond acceptors (Lipinski definition) is 8. The van der Waals surface area contributed by atoms with Crippen molar-refractivity contribution in [3.05, 3.63) is 64.5 Å². The third kappa shape index (κ3) is 5.92. The SMILES string of the molecule is C[C@@H](Oc1ccc2c(c1)c(-c1ccc(N3CCN([B]C=O)CC3)nc1)nn2C1CCCCO1)c1c(Cl)cncc1Cl. The van der Waals surface area contributed by atoms with E-state index in [1.807, 2.05) is 46.9 Å². The first-order valence-electron chi connectivity index (χ1n) is 13.9. The van der Waals surface area contributed by atoms with Crippen LogP contribution in [0.15, 0.2) is 48.9 Å². The normalized spacial score (nSPS) is 18.8. The summed E-state index contributed by atoms with van der Waals surface area (Å²) >= 11 is 12.8. The Morgan fingerprint density at radius 2 is 1.88 bits per heavy atom. The molecule has 0 N–H and O–H groups in total. The van der Waals surface area contributed by atoms with Gasteiger partial charge in [0.2, 0.25) is 0 Å². The molecule has 5 heterocycles. The van der Waals surface area contributed by atoms with Crippen molar-refractivity contribution in [1.29, 1.82) is 0 Å². The van der Waals surface area contributed by atoms with Gasteiger partial charge in [-0.2, -0.15) is 5.10 Å². The number of halogens is 2. The molecule has 2 aliphatic heterocycles. The number of nitrogens with zero attached hydrogens (tertiary/aromatic N) is 6. The van der Waals surface area contributed by atoms with E-state index in [0.717, 1.165) is 86.2 Å². The van der Waals surface area contributed by atoms with Crippen molar-refractivity contribution in [2.45, 2.75) is 38.5 Å². The summed E-state index contributed by atoms with van der Waals surface area (Å²) in [4.78, 5) is 23.9. The highest BCUT2D eigenvalue weighted by Gasteiger charge is 2.24. The molecule has 0 amide bonds. The van der Waals surface area contributed by atoms with E-state index in [2.05, 4.69) is 16.0 Å². The summed E-state index contributed by atoms with van der Waals surface area (Å²) in [6.07, 6.45) is 8.41. The van der Waals surface area contributed by atoms with Crippen LogP contribution >= 0.6 is 23.2 Å². The average Bonchev–Trinajstić information content (AvgIpc) is 3.37. The number of piperazine rings is 1. The van der Waals surface area contributed by atoms with Gasteiger partial charge in [-0.25, -0.2) is 9.67 Å². The van der Waals surface area contributed by atoms with Gasteiger partial charge in [-0.05, 0) is 56.5 Å². The second-order valence-corrected chi connectivity index (χ2v) is 11.1. The molecule has 4 aromatic rings. The zero-order valence-electron chi connectivity index (χ0n) is 22.7. The molecule has 211 valence electrons. The van der Waals surface area contributed by atoms with Crippen LogP contribution in [0.5, 0.6) is 5.75 Å². The Bertz CT molecular complexity index is 1500. The van der Waals surface area contributed by atoms with Crippen LogP contribution in [-0.2, 0) is 9.53 Å². The van der Waals surface area contributed by atoms with Gasteiger partial charge in [0, 0.05) is 67.9 Å². The minimum atomic E-state index is -0.388. The lowest BCUT2D eigenvalue weighted by Crippen LogP contribution is -2.48. The van der Waals surface area contributed by atoms with Gasteiger partial charge in [0.1, 0.15) is 23.4 Å². The Hall–Kier alpha value is -3.18. The average molecular weight is 592 g/mol. The van der Waals surface area contributed by atoms with E-state index in [1.165, 1.54) is 0 Å². The summed E-state index contributed by atoms with van der Waals surface area (Å²) in [7, 11) is 1.60. The highest BCUT2D eigenvalue weighted by molar-refractivity contribution is 6.64. The lowest BCUT2D eigenvalue weighted by Gasteiger charge is -2.34. The standard InChI is InChI=1S/C29H30BCl2N6O3/c1-19(28-23(31)16-33-17-24(28)32)41-21-6-7-25-22(14-21)29(35-38(25)27-4-2-3-13-40-27)20-5-8-26(34-15-20)36-9-11-37(12-10-36)30-18-39/h5-8,14-19,27H,2-4,9-13H2,1H3/t19-,27?/m1/s1.